The summed E-state index contributed by atoms with van der Waals surface area (Å²) in [5, 5.41) is 4.16. The molecule has 2 aromatic rings. The Morgan fingerprint density at radius 2 is 1.81 bits per heavy atom. The summed E-state index contributed by atoms with van der Waals surface area (Å²) in [7, 11) is 3.26. The van der Waals surface area contributed by atoms with Gasteiger partial charge in [0.15, 0.2) is 0 Å². The normalized spacial score (nSPS) is 10.1. The zero-order valence-corrected chi connectivity index (χ0v) is 9.18. The molecular weight excluding hydrogens is 204 g/mol. The van der Waals surface area contributed by atoms with Crippen LogP contribution < -0.4 is 10.3 Å². The number of nitrogens with zero attached hydrogens (tertiary/aromatic N) is 2. The Kier molecular flexibility index (Phi) is 2.72. The molecular formula is C12H12N2O2. The zero-order chi connectivity index (χ0) is 11.5. The molecule has 0 N–H and O–H groups in total. The highest BCUT2D eigenvalue weighted by atomic mass is 16.5. The van der Waals surface area contributed by atoms with Crippen LogP contribution in [0.4, 0.5) is 0 Å². The molecule has 0 aliphatic carbocycles. The Balaban J connectivity index is 2.42. The summed E-state index contributed by atoms with van der Waals surface area (Å²) in [4.78, 5) is 11.2. The molecule has 1 aromatic heterocycles. The van der Waals surface area contributed by atoms with Gasteiger partial charge in [-0.25, -0.2) is 4.68 Å². The van der Waals surface area contributed by atoms with E-state index in [4.69, 9.17) is 4.74 Å². The summed E-state index contributed by atoms with van der Waals surface area (Å²) in [5.41, 5.74) is 1.61. The average molecular weight is 216 g/mol. The van der Waals surface area contributed by atoms with E-state index in [1.165, 1.54) is 10.7 Å². The second-order valence-electron chi connectivity index (χ2n) is 3.41. The number of aryl methyl sites for hydroxylation is 1. The van der Waals surface area contributed by atoms with Crippen LogP contribution in [-0.4, -0.2) is 16.9 Å². The summed E-state index contributed by atoms with van der Waals surface area (Å²) in [6.07, 6.45) is 0. The second kappa shape index (κ2) is 4.18. The van der Waals surface area contributed by atoms with Gasteiger partial charge in [-0.3, -0.25) is 4.79 Å². The van der Waals surface area contributed by atoms with Crippen LogP contribution in [-0.2, 0) is 7.05 Å². The lowest BCUT2D eigenvalue weighted by atomic mass is 10.1. The third-order valence-electron chi connectivity index (χ3n) is 2.35. The van der Waals surface area contributed by atoms with Crippen LogP contribution in [0.5, 0.6) is 5.75 Å². The van der Waals surface area contributed by atoms with E-state index in [1.54, 1.807) is 20.2 Å². The van der Waals surface area contributed by atoms with Crippen molar-refractivity contribution in [1.82, 2.24) is 9.78 Å². The van der Waals surface area contributed by atoms with Crippen molar-refractivity contribution in [2.24, 2.45) is 7.05 Å². The lowest BCUT2D eigenvalue weighted by molar-refractivity contribution is 0.415. The minimum Gasteiger partial charge on any atom is -0.497 e. The Morgan fingerprint density at radius 1 is 1.12 bits per heavy atom. The zero-order valence-electron chi connectivity index (χ0n) is 9.18. The van der Waals surface area contributed by atoms with Gasteiger partial charge in [-0.15, -0.1) is 0 Å². The predicted molar refractivity (Wildman–Crippen MR) is 61.5 cm³/mol. The van der Waals surface area contributed by atoms with E-state index in [0.717, 1.165) is 17.0 Å². The molecule has 16 heavy (non-hydrogen) atoms. The molecule has 0 radical (unpaired) electrons. The van der Waals surface area contributed by atoms with Gasteiger partial charge in [-0.1, -0.05) is 0 Å². The van der Waals surface area contributed by atoms with E-state index in [2.05, 4.69) is 5.10 Å². The summed E-state index contributed by atoms with van der Waals surface area (Å²) >= 11 is 0. The van der Waals surface area contributed by atoms with Crippen LogP contribution >= 0.6 is 0 Å². The molecule has 2 rings (SSSR count). The Hall–Kier alpha value is -2.10. The van der Waals surface area contributed by atoms with Crippen LogP contribution in [0.2, 0.25) is 0 Å². The summed E-state index contributed by atoms with van der Waals surface area (Å²) in [6, 6.07) is 10.8. The van der Waals surface area contributed by atoms with Gasteiger partial charge >= 0.3 is 0 Å². The van der Waals surface area contributed by atoms with Crippen molar-refractivity contribution in [3.05, 3.63) is 46.8 Å². The topological polar surface area (TPSA) is 44.1 Å². The number of rotatable bonds is 2. The Labute approximate surface area is 93.1 Å². The van der Waals surface area contributed by atoms with Crippen molar-refractivity contribution < 1.29 is 4.74 Å². The van der Waals surface area contributed by atoms with Crippen LogP contribution in [0.1, 0.15) is 0 Å². The van der Waals surface area contributed by atoms with Crippen molar-refractivity contribution in [3.8, 4) is 17.0 Å². The first-order valence-corrected chi connectivity index (χ1v) is 4.89. The van der Waals surface area contributed by atoms with Gasteiger partial charge in [0, 0.05) is 18.7 Å². The highest BCUT2D eigenvalue weighted by molar-refractivity contribution is 5.59. The van der Waals surface area contributed by atoms with Gasteiger partial charge in [0.25, 0.3) is 5.56 Å². The summed E-state index contributed by atoms with van der Waals surface area (Å²) in [6.45, 7) is 0. The first-order chi connectivity index (χ1) is 7.70. The Morgan fingerprint density at radius 3 is 2.38 bits per heavy atom. The molecule has 0 saturated heterocycles. The molecule has 0 aliphatic rings. The fourth-order valence-corrected chi connectivity index (χ4v) is 1.42. The first-order valence-electron chi connectivity index (χ1n) is 4.89. The molecule has 0 amide bonds. The van der Waals surface area contributed by atoms with E-state index in [1.807, 2.05) is 24.3 Å². The quantitative estimate of drug-likeness (QED) is 0.763. The molecule has 0 bridgehead atoms. The number of hydrogen-bond acceptors (Lipinski definition) is 3. The number of hydrogen-bond donors (Lipinski definition) is 0. The third kappa shape index (κ3) is 1.95. The molecule has 0 fully saturated rings. The van der Waals surface area contributed by atoms with Gasteiger partial charge in [0.1, 0.15) is 5.75 Å². The summed E-state index contributed by atoms with van der Waals surface area (Å²) in [5.74, 6) is 0.800. The van der Waals surface area contributed by atoms with Crippen molar-refractivity contribution in [1.29, 1.82) is 0 Å². The van der Waals surface area contributed by atoms with Gasteiger partial charge in [-0.2, -0.15) is 5.10 Å². The van der Waals surface area contributed by atoms with Crippen molar-refractivity contribution in [2.45, 2.75) is 0 Å². The number of ether oxygens (including phenoxy) is 1. The third-order valence-corrected chi connectivity index (χ3v) is 2.35. The van der Waals surface area contributed by atoms with Crippen molar-refractivity contribution >= 4 is 0 Å². The van der Waals surface area contributed by atoms with Gasteiger partial charge in [-0.05, 0) is 30.3 Å². The molecule has 0 saturated carbocycles. The molecule has 1 aromatic carbocycles. The van der Waals surface area contributed by atoms with Crippen LogP contribution in [0.25, 0.3) is 11.3 Å². The number of benzene rings is 1. The monoisotopic (exact) mass is 216 g/mol. The molecule has 1 heterocycles. The summed E-state index contributed by atoms with van der Waals surface area (Å²) < 4.78 is 6.39. The fraction of sp³-hybridized carbons (Fsp3) is 0.167. The molecule has 4 nitrogen and oxygen atoms in total. The highest BCUT2D eigenvalue weighted by Crippen LogP contribution is 2.19. The SMILES string of the molecule is COc1ccc(-c2ccc(=O)n(C)n2)cc1. The minimum atomic E-state index is -0.114. The number of aromatic nitrogens is 2. The average Bonchev–Trinajstić information content (AvgIpc) is 2.33. The van der Waals surface area contributed by atoms with E-state index >= 15 is 0 Å². The second-order valence-corrected chi connectivity index (χ2v) is 3.41. The fourth-order valence-electron chi connectivity index (χ4n) is 1.42. The molecule has 4 heteroatoms. The standard InChI is InChI=1S/C12H12N2O2/c1-14-12(15)8-7-11(13-14)9-3-5-10(16-2)6-4-9/h3-8H,1-2H3. The van der Waals surface area contributed by atoms with Crippen LogP contribution in [0.15, 0.2) is 41.2 Å². The van der Waals surface area contributed by atoms with E-state index < -0.39 is 0 Å². The Bertz CT molecular complexity index is 544. The van der Waals surface area contributed by atoms with Crippen LogP contribution in [0.3, 0.4) is 0 Å². The maximum atomic E-state index is 11.2. The van der Waals surface area contributed by atoms with Gasteiger partial charge < -0.3 is 4.74 Å². The maximum Gasteiger partial charge on any atom is 0.266 e. The lowest BCUT2D eigenvalue weighted by Crippen LogP contribution is -2.18. The van der Waals surface area contributed by atoms with E-state index in [9.17, 15) is 4.79 Å². The first kappa shape index (κ1) is 10.4. The highest BCUT2D eigenvalue weighted by Gasteiger charge is 2.01. The van der Waals surface area contributed by atoms with E-state index in [-0.39, 0.29) is 5.56 Å². The molecule has 0 unspecified atom stereocenters. The minimum absolute atomic E-state index is 0.114. The molecule has 0 spiro atoms. The van der Waals surface area contributed by atoms with Gasteiger partial charge in [0.2, 0.25) is 0 Å². The van der Waals surface area contributed by atoms with Crippen molar-refractivity contribution in [2.75, 3.05) is 7.11 Å². The van der Waals surface area contributed by atoms with Crippen LogP contribution in [0, 0.1) is 0 Å². The lowest BCUT2D eigenvalue weighted by Gasteiger charge is -2.04. The molecule has 0 atom stereocenters. The van der Waals surface area contributed by atoms with Crippen molar-refractivity contribution in [3.63, 3.8) is 0 Å². The largest absolute Gasteiger partial charge is 0.497 e. The molecule has 0 aliphatic heterocycles. The number of methoxy groups -OCH3 is 1. The smallest absolute Gasteiger partial charge is 0.266 e. The predicted octanol–water partition coefficient (Wildman–Crippen LogP) is 1.46. The van der Waals surface area contributed by atoms with E-state index in [0.29, 0.717) is 0 Å². The maximum absolute atomic E-state index is 11.2. The molecule has 82 valence electrons. The van der Waals surface area contributed by atoms with Gasteiger partial charge in [0.05, 0.1) is 12.8 Å².